The Morgan fingerprint density at radius 1 is 1.38 bits per heavy atom. The summed E-state index contributed by atoms with van der Waals surface area (Å²) < 4.78 is 4.58. The van der Waals surface area contributed by atoms with Crippen molar-refractivity contribution >= 4 is 11.9 Å². The zero-order valence-corrected chi connectivity index (χ0v) is 8.50. The first-order valence-corrected chi connectivity index (χ1v) is 3.95. The van der Waals surface area contributed by atoms with Crippen molar-refractivity contribution in [2.75, 3.05) is 7.11 Å². The average molecular weight is 187 g/mol. The molecule has 0 heterocycles. The minimum absolute atomic E-state index is 0.106. The number of hydrogen-bond acceptors (Lipinski definition) is 3. The van der Waals surface area contributed by atoms with Crippen molar-refractivity contribution in [3.05, 3.63) is 0 Å². The van der Waals surface area contributed by atoms with Gasteiger partial charge in [0.05, 0.1) is 7.11 Å². The zero-order chi connectivity index (χ0) is 10.6. The van der Waals surface area contributed by atoms with Crippen LogP contribution in [0.5, 0.6) is 0 Å². The zero-order valence-electron chi connectivity index (χ0n) is 8.50. The Balaban J connectivity index is 4.78. The Hall–Kier alpha value is -1.26. The van der Waals surface area contributed by atoms with Gasteiger partial charge in [-0.25, -0.2) is 9.79 Å². The van der Waals surface area contributed by atoms with Gasteiger partial charge in [-0.15, -0.1) is 0 Å². The molecule has 0 saturated heterocycles. The molecule has 13 heavy (non-hydrogen) atoms. The fourth-order valence-corrected chi connectivity index (χ4v) is 0.861. The molecule has 0 aromatic heterocycles. The first-order valence-electron chi connectivity index (χ1n) is 3.95. The summed E-state index contributed by atoms with van der Waals surface area (Å²) in [6.45, 7) is 5.59. The van der Waals surface area contributed by atoms with Gasteiger partial charge in [0.1, 0.15) is 0 Å². The van der Waals surface area contributed by atoms with Crippen LogP contribution in [0.25, 0.3) is 0 Å². The van der Waals surface area contributed by atoms with Crippen LogP contribution in [0, 0.1) is 5.41 Å². The smallest absolute Gasteiger partial charge is 0.331 e. The second-order valence-electron chi connectivity index (χ2n) is 3.85. The highest BCUT2D eigenvalue weighted by Gasteiger charge is 2.31. The van der Waals surface area contributed by atoms with Gasteiger partial charge < -0.3 is 16.2 Å². The molecule has 5 heteroatoms. The lowest BCUT2D eigenvalue weighted by Crippen LogP contribution is -2.37. The van der Waals surface area contributed by atoms with E-state index in [0.717, 1.165) is 0 Å². The van der Waals surface area contributed by atoms with Crippen molar-refractivity contribution < 1.29 is 9.53 Å². The Morgan fingerprint density at radius 2 is 1.85 bits per heavy atom. The minimum Gasteiger partial charge on any atom is -0.467 e. The predicted octanol–water partition coefficient (Wildman–Crippen LogP) is -0.153. The lowest BCUT2D eigenvalue weighted by atomic mass is 9.87. The molecule has 0 aliphatic carbocycles. The van der Waals surface area contributed by atoms with Crippen LogP contribution in [-0.2, 0) is 9.53 Å². The molecule has 0 bridgehead atoms. The van der Waals surface area contributed by atoms with Gasteiger partial charge in [-0.1, -0.05) is 20.8 Å². The number of nitrogens with two attached hydrogens (primary N) is 2. The quantitative estimate of drug-likeness (QED) is 0.357. The number of methoxy groups -OCH3 is 1. The molecule has 1 atom stereocenters. The number of hydrogen-bond donors (Lipinski definition) is 2. The van der Waals surface area contributed by atoms with Crippen molar-refractivity contribution in [1.82, 2.24) is 0 Å². The second-order valence-corrected chi connectivity index (χ2v) is 3.85. The van der Waals surface area contributed by atoms with Crippen molar-refractivity contribution in [1.29, 1.82) is 0 Å². The Morgan fingerprint density at radius 3 is 2.08 bits per heavy atom. The first-order chi connectivity index (χ1) is 5.79. The Labute approximate surface area is 78.1 Å². The summed E-state index contributed by atoms with van der Waals surface area (Å²) in [5, 5.41) is 0. The molecular formula is C8H17N3O2. The van der Waals surface area contributed by atoms with Crippen molar-refractivity contribution in [3.8, 4) is 0 Å². The summed E-state index contributed by atoms with van der Waals surface area (Å²) in [7, 11) is 1.31. The summed E-state index contributed by atoms with van der Waals surface area (Å²) in [4.78, 5) is 15.1. The normalized spacial score (nSPS) is 13.2. The van der Waals surface area contributed by atoms with Crippen LogP contribution in [-0.4, -0.2) is 25.1 Å². The van der Waals surface area contributed by atoms with Gasteiger partial charge >= 0.3 is 5.97 Å². The lowest BCUT2D eigenvalue weighted by Gasteiger charge is -2.24. The van der Waals surface area contributed by atoms with Crippen molar-refractivity contribution in [3.63, 3.8) is 0 Å². The van der Waals surface area contributed by atoms with E-state index in [4.69, 9.17) is 11.5 Å². The molecule has 0 fully saturated rings. The number of esters is 1. The van der Waals surface area contributed by atoms with Gasteiger partial charge in [0, 0.05) is 0 Å². The van der Waals surface area contributed by atoms with E-state index in [0.29, 0.717) is 0 Å². The number of guanidine groups is 1. The van der Waals surface area contributed by atoms with E-state index in [2.05, 4.69) is 9.73 Å². The summed E-state index contributed by atoms with van der Waals surface area (Å²) in [5.41, 5.74) is 10.1. The molecule has 0 amide bonds. The fraction of sp³-hybridized carbons (Fsp3) is 0.750. The van der Waals surface area contributed by atoms with E-state index in [9.17, 15) is 4.79 Å². The van der Waals surface area contributed by atoms with E-state index in [1.165, 1.54) is 7.11 Å². The molecule has 0 aliphatic rings. The van der Waals surface area contributed by atoms with Gasteiger partial charge in [-0.05, 0) is 5.41 Å². The van der Waals surface area contributed by atoms with Crippen molar-refractivity contribution in [2.24, 2.45) is 21.9 Å². The summed E-state index contributed by atoms with van der Waals surface area (Å²) in [5.74, 6) is -0.536. The largest absolute Gasteiger partial charge is 0.467 e. The third kappa shape index (κ3) is 3.78. The molecule has 4 N–H and O–H groups in total. The third-order valence-corrected chi connectivity index (χ3v) is 1.52. The standard InChI is InChI=1S/C8H17N3O2/c1-8(2,3)5(6(12)13-4)11-7(9)10/h5H,1-4H3,(H4,9,10,11). The molecule has 0 radical (unpaired) electrons. The summed E-state index contributed by atoms with van der Waals surface area (Å²) in [6, 6.07) is -0.650. The topological polar surface area (TPSA) is 90.7 Å². The van der Waals surface area contributed by atoms with Crippen LogP contribution in [0.3, 0.4) is 0 Å². The van der Waals surface area contributed by atoms with E-state index in [1.54, 1.807) is 0 Å². The highest BCUT2D eigenvalue weighted by molar-refractivity contribution is 5.83. The van der Waals surface area contributed by atoms with Gasteiger partial charge in [-0.2, -0.15) is 0 Å². The highest BCUT2D eigenvalue weighted by Crippen LogP contribution is 2.23. The molecule has 0 rings (SSSR count). The van der Waals surface area contributed by atoms with Crippen molar-refractivity contribution in [2.45, 2.75) is 26.8 Å². The van der Waals surface area contributed by atoms with Gasteiger partial charge in [0.2, 0.25) is 0 Å². The van der Waals surface area contributed by atoms with Crippen LogP contribution in [0.4, 0.5) is 0 Å². The van der Waals surface area contributed by atoms with E-state index >= 15 is 0 Å². The van der Waals surface area contributed by atoms with Gasteiger partial charge in [-0.3, -0.25) is 0 Å². The number of carbonyl (C=O) groups excluding carboxylic acids is 1. The number of nitrogens with zero attached hydrogens (tertiary/aromatic N) is 1. The maximum Gasteiger partial charge on any atom is 0.331 e. The second kappa shape index (κ2) is 4.11. The first kappa shape index (κ1) is 11.7. The number of aliphatic imine (C=N–C) groups is 1. The molecule has 5 nitrogen and oxygen atoms in total. The minimum atomic E-state index is -0.650. The molecule has 0 saturated carbocycles. The van der Waals surface area contributed by atoms with E-state index in [-0.39, 0.29) is 11.4 Å². The summed E-state index contributed by atoms with van der Waals surface area (Å²) in [6.07, 6.45) is 0. The Kier molecular flexibility index (Phi) is 3.71. The molecule has 0 aliphatic heterocycles. The predicted molar refractivity (Wildman–Crippen MR) is 51.1 cm³/mol. The Bertz CT molecular complexity index is 214. The van der Waals surface area contributed by atoms with Gasteiger partial charge in [0.15, 0.2) is 12.0 Å². The van der Waals surface area contributed by atoms with E-state index < -0.39 is 12.0 Å². The molecule has 1 unspecified atom stereocenters. The summed E-state index contributed by atoms with van der Waals surface area (Å²) >= 11 is 0. The number of carbonyl (C=O) groups is 1. The fourth-order valence-electron chi connectivity index (χ4n) is 0.861. The van der Waals surface area contributed by atoms with Gasteiger partial charge in [0.25, 0.3) is 0 Å². The van der Waals surface area contributed by atoms with Crippen LogP contribution < -0.4 is 11.5 Å². The SMILES string of the molecule is COC(=O)C(N=C(N)N)C(C)(C)C. The monoisotopic (exact) mass is 187 g/mol. The molecule has 0 aromatic rings. The molecule has 0 spiro atoms. The molecule has 76 valence electrons. The molecule has 0 aromatic carbocycles. The third-order valence-electron chi connectivity index (χ3n) is 1.52. The maximum atomic E-state index is 11.3. The van der Waals surface area contributed by atoms with Crippen LogP contribution in [0.1, 0.15) is 20.8 Å². The average Bonchev–Trinajstić information content (AvgIpc) is 1.96. The number of rotatable bonds is 2. The highest BCUT2D eigenvalue weighted by atomic mass is 16.5. The van der Waals surface area contributed by atoms with E-state index in [1.807, 2.05) is 20.8 Å². The maximum absolute atomic E-state index is 11.3. The van der Waals surface area contributed by atoms with Crippen LogP contribution in [0.2, 0.25) is 0 Å². The lowest BCUT2D eigenvalue weighted by molar-refractivity contribution is -0.144. The number of ether oxygens (including phenoxy) is 1. The van der Waals surface area contributed by atoms with Crippen LogP contribution >= 0.6 is 0 Å². The molecular weight excluding hydrogens is 170 g/mol. The van der Waals surface area contributed by atoms with Crippen LogP contribution in [0.15, 0.2) is 4.99 Å².